The van der Waals surface area contributed by atoms with Gasteiger partial charge in [-0.25, -0.2) is 0 Å². The number of halogens is 1. The molecule has 3 rings (SSSR count). The summed E-state index contributed by atoms with van der Waals surface area (Å²) >= 11 is 6.07. The first kappa shape index (κ1) is 17.1. The summed E-state index contributed by atoms with van der Waals surface area (Å²) in [6.45, 7) is 1.70. The molecular formula is C20H18ClNO3. The first-order chi connectivity index (χ1) is 12.1. The van der Waals surface area contributed by atoms with Crippen molar-refractivity contribution in [1.29, 1.82) is 0 Å². The predicted octanol–water partition coefficient (Wildman–Crippen LogP) is 4.91. The number of nitrogens with one attached hydrogen (secondary N) is 1. The third-order valence-electron chi connectivity index (χ3n) is 3.82. The van der Waals surface area contributed by atoms with Gasteiger partial charge in [-0.15, -0.1) is 0 Å². The fourth-order valence-corrected chi connectivity index (χ4v) is 2.74. The van der Waals surface area contributed by atoms with Crippen LogP contribution in [0.5, 0.6) is 11.5 Å². The van der Waals surface area contributed by atoms with Crippen molar-refractivity contribution in [3.63, 3.8) is 0 Å². The van der Waals surface area contributed by atoms with Crippen molar-refractivity contribution < 1.29 is 14.3 Å². The van der Waals surface area contributed by atoms with E-state index in [4.69, 9.17) is 21.1 Å². The van der Waals surface area contributed by atoms with Crippen LogP contribution < -0.4 is 14.8 Å². The Labute approximate surface area is 151 Å². The standard InChI is InChI=1S/C20H18ClNO3/c1-13(20(23)22-16-8-10-19(24-2)18(21)12-16)25-17-9-7-14-5-3-4-6-15(14)11-17/h3-13H,1-2H3,(H,22,23). The van der Waals surface area contributed by atoms with Crippen molar-refractivity contribution in [3.05, 3.63) is 65.7 Å². The molecule has 3 aromatic rings. The lowest BCUT2D eigenvalue weighted by atomic mass is 10.1. The maximum Gasteiger partial charge on any atom is 0.265 e. The van der Waals surface area contributed by atoms with Crippen LogP contribution in [-0.4, -0.2) is 19.1 Å². The predicted molar refractivity (Wildman–Crippen MR) is 101 cm³/mol. The molecule has 0 aliphatic carbocycles. The molecule has 1 N–H and O–H groups in total. The second-order valence-corrected chi connectivity index (χ2v) is 6.01. The van der Waals surface area contributed by atoms with Crippen molar-refractivity contribution >= 4 is 34.0 Å². The van der Waals surface area contributed by atoms with Gasteiger partial charge in [-0.1, -0.05) is 41.9 Å². The van der Waals surface area contributed by atoms with E-state index in [2.05, 4.69) is 5.32 Å². The number of anilines is 1. The zero-order valence-corrected chi connectivity index (χ0v) is 14.7. The van der Waals surface area contributed by atoms with Gasteiger partial charge in [0.05, 0.1) is 12.1 Å². The maximum absolute atomic E-state index is 12.3. The van der Waals surface area contributed by atoms with E-state index in [0.717, 1.165) is 10.8 Å². The minimum atomic E-state index is -0.651. The lowest BCUT2D eigenvalue weighted by molar-refractivity contribution is -0.122. The molecule has 0 fully saturated rings. The fourth-order valence-electron chi connectivity index (χ4n) is 2.49. The zero-order valence-electron chi connectivity index (χ0n) is 14.0. The average Bonchev–Trinajstić information content (AvgIpc) is 2.61. The van der Waals surface area contributed by atoms with Gasteiger partial charge in [0.15, 0.2) is 6.10 Å². The lowest BCUT2D eigenvalue weighted by Crippen LogP contribution is -2.30. The second kappa shape index (κ2) is 7.45. The van der Waals surface area contributed by atoms with E-state index >= 15 is 0 Å². The van der Waals surface area contributed by atoms with E-state index in [-0.39, 0.29) is 5.91 Å². The number of carbonyl (C=O) groups excluding carboxylic acids is 1. The molecule has 0 aromatic heterocycles. The van der Waals surface area contributed by atoms with Crippen LogP contribution in [0.2, 0.25) is 5.02 Å². The molecule has 0 saturated carbocycles. The van der Waals surface area contributed by atoms with Crippen LogP contribution in [0.25, 0.3) is 10.8 Å². The summed E-state index contributed by atoms with van der Waals surface area (Å²) in [6, 6.07) is 18.8. The zero-order chi connectivity index (χ0) is 17.8. The molecule has 0 saturated heterocycles. The van der Waals surface area contributed by atoms with Crippen LogP contribution in [0, 0.1) is 0 Å². The molecule has 0 heterocycles. The van der Waals surface area contributed by atoms with Crippen molar-refractivity contribution in [2.24, 2.45) is 0 Å². The quantitative estimate of drug-likeness (QED) is 0.707. The van der Waals surface area contributed by atoms with Gasteiger partial charge in [-0.2, -0.15) is 0 Å². The van der Waals surface area contributed by atoms with Crippen LogP contribution in [0.15, 0.2) is 60.7 Å². The second-order valence-electron chi connectivity index (χ2n) is 5.61. The lowest BCUT2D eigenvalue weighted by Gasteiger charge is -2.15. The van der Waals surface area contributed by atoms with Crippen molar-refractivity contribution in [1.82, 2.24) is 0 Å². The number of hydrogen-bond acceptors (Lipinski definition) is 3. The monoisotopic (exact) mass is 355 g/mol. The molecule has 0 spiro atoms. The number of benzene rings is 3. The third-order valence-corrected chi connectivity index (χ3v) is 4.12. The van der Waals surface area contributed by atoms with Crippen LogP contribution in [0.4, 0.5) is 5.69 Å². The van der Waals surface area contributed by atoms with Gasteiger partial charge in [0.2, 0.25) is 0 Å². The van der Waals surface area contributed by atoms with Crippen molar-refractivity contribution in [2.75, 3.05) is 12.4 Å². The first-order valence-corrected chi connectivity index (χ1v) is 8.24. The summed E-state index contributed by atoms with van der Waals surface area (Å²) in [5, 5.41) is 5.41. The summed E-state index contributed by atoms with van der Waals surface area (Å²) in [5.74, 6) is 0.948. The number of ether oxygens (including phenoxy) is 2. The molecule has 128 valence electrons. The van der Waals surface area contributed by atoms with Crippen molar-refractivity contribution in [2.45, 2.75) is 13.0 Å². The average molecular weight is 356 g/mol. The Morgan fingerprint density at radius 2 is 1.80 bits per heavy atom. The summed E-state index contributed by atoms with van der Waals surface area (Å²) < 4.78 is 10.9. The van der Waals surface area contributed by atoms with Crippen LogP contribution in [0.3, 0.4) is 0 Å². The van der Waals surface area contributed by atoms with E-state index in [0.29, 0.717) is 22.2 Å². The largest absolute Gasteiger partial charge is 0.495 e. The summed E-state index contributed by atoms with van der Waals surface area (Å²) in [7, 11) is 1.54. The minimum Gasteiger partial charge on any atom is -0.495 e. The Balaban J connectivity index is 1.68. The Bertz CT molecular complexity index is 910. The topological polar surface area (TPSA) is 47.6 Å². The van der Waals surface area contributed by atoms with E-state index < -0.39 is 6.10 Å². The molecule has 4 nitrogen and oxygen atoms in total. The smallest absolute Gasteiger partial charge is 0.265 e. The van der Waals surface area contributed by atoms with Gasteiger partial charge in [-0.05, 0) is 48.0 Å². The van der Waals surface area contributed by atoms with Gasteiger partial charge in [-0.3, -0.25) is 4.79 Å². The van der Waals surface area contributed by atoms with E-state index in [1.54, 1.807) is 32.2 Å². The molecule has 3 aromatic carbocycles. The Hall–Kier alpha value is -2.72. The first-order valence-electron chi connectivity index (χ1n) is 7.86. The molecule has 1 amide bonds. The van der Waals surface area contributed by atoms with Crippen LogP contribution in [-0.2, 0) is 4.79 Å². The molecular weight excluding hydrogens is 338 g/mol. The highest BCUT2D eigenvalue weighted by Crippen LogP contribution is 2.27. The Morgan fingerprint density at radius 3 is 2.52 bits per heavy atom. The summed E-state index contributed by atoms with van der Waals surface area (Å²) in [5.41, 5.74) is 0.588. The number of amides is 1. The van der Waals surface area contributed by atoms with Crippen LogP contribution >= 0.6 is 11.6 Å². The summed E-state index contributed by atoms with van der Waals surface area (Å²) in [6.07, 6.45) is -0.651. The van der Waals surface area contributed by atoms with Gasteiger partial charge < -0.3 is 14.8 Å². The highest BCUT2D eigenvalue weighted by molar-refractivity contribution is 6.32. The van der Waals surface area contributed by atoms with Gasteiger partial charge in [0.1, 0.15) is 11.5 Å². The molecule has 1 atom stereocenters. The van der Waals surface area contributed by atoms with Gasteiger partial charge in [0, 0.05) is 5.69 Å². The molecule has 0 aliphatic rings. The highest BCUT2D eigenvalue weighted by atomic mass is 35.5. The maximum atomic E-state index is 12.3. The number of rotatable bonds is 5. The van der Waals surface area contributed by atoms with Crippen molar-refractivity contribution in [3.8, 4) is 11.5 Å². The fraction of sp³-hybridized carbons (Fsp3) is 0.150. The van der Waals surface area contributed by atoms with Gasteiger partial charge >= 0.3 is 0 Å². The molecule has 25 heavy (non-hydrogen) atoms. The molecule has 5 heteroatoms. The number of carbonyl (C=O) groups is 1. The SMILES string of the molecule is COc1ccc(NC(=O)C(C)Oc2ccc3ccccc3c2)cc1Cl. The Morgan fingerprint density at radius 1 is 1.04 bits per heavy atom. The van der Waals surface area contributed by atoms with E-state index in [9.17, 15) is 4.79 Å². The molecule has 0 aliphatic heterocycles. The molecule has 1 unspecified atom stereocenters. The Kier molecular flexibility index (Phi) is 5.10. The molecule has 0 bridgehead atoms. The number of fused-ring (bicyclic) bond motifs is 1. The number of methoxy groups -OCH3 is 1. The minimum absolute atomic E-state index is 0.255. The normalized spacial score (nSPS) is 11.8. The highest BCUT2D eigenvalue weighted by Gasteiger charge is 2.15. The van der Waals surface area contributed by atoms with E-state index in [1.807, 2.05) is 42.5 Å². The number of hydrogen-bond donors (Lipinski definition) is 1. The van der Waals surface area contributed by atoms with Gasteiger partial charge in [0.25, 0.3) is 5.91 Å². The van der Waals surface area contributed by atoms with Crippen LogP contribution in [0.1, 0.15) is 6.92 Å². The van der Waals surface area contributed by atoms with E-state index in [1.165, 1.54) is 0 Å². The summed E-state index contributed by atoms with van der Waals surface area (Å²) in [4.78, 5) is 12.3. The molecule has 0 radical (unpaired) electrons. The third kappa shape index (κ3) is 4.03.